The van der Waals surface area contributed by atoms with Crippen molar-refractivity contribution in [3.8, 4) is 5.75 Å². The fraction of sp³-hybridized carbons (Fsp3) is 0.143. The SMILES string of the molecule is COc1ccc(C(=O)Nc2c(Cl)cncc2Cl)c(CF)c1. The number of amides is 1. The molecule has 7 heteroatoms. The summed E-state index contributed by atoms with van der Waals surface area (Å²) in [6.07, 6.45) is 2.71. The van der Waals surface area contributed by atoms with Crippen LogP contribution in [0.15, 0.2) is 30.6 Å². The first-order valence-electron chi connectivity index (χ1n) is 5.90. The summed E-state index contributed by atoms with van der Waals surface area (Å²) in [5, 5.41) is 2.96. The van der Waals surface area contributed by atoms with E-state index < -0.39 is 12.6 Å². The third-order valence-electron chi connectivity index (χ3n) is 2.79. The predicted octanol–water partition coefficient (Wildman–Crippen LogP) is 4.12. The lowest BCUT2D eigenvalue weighted by Gasteiger charge is -2.11. The number of carbonyl (C=O) groups is 1. The number of hydrogen-bond donors (Lipinski definition) is 1. The normalized spacial score (nSPS) is 10.3. The number of pyridine rings is 1. The van der Waals surface area contributed by atoms with Crippen molar-refractivity contribution in [1.29, 1.82) is 0 Å². The third-order valence-corrected chi connectivity index (χ3v) is 3.37. The average molecular weight is 329 g/mol. The summed E-state index contributed by atoms with van der Waals surface area (Å²) in [6.45, 7) is -0.794. The number of aromatic nitrogens is 1. The van der Waals surface area contributed by atoms with Crippen LogP contribution >= 0.6 is 23.2 Å². The molecule has 1 aromatic heterocycles. The molecular formula is C14H11Cl2FN2O2. The van der Waals surface area contributed by atoms with Crippen molar-refractivity contribution >= 4 is 34.8 Å². The minimum absolute atomic E-state index is 0.183. The summed E-state index contributed by atoms with van der Waals surface area (Å²) >= 11 is 11.9. The second kappa shape index (κ2) is 6.74. The first-order valence-corrected chi connectivity index (χ1v) is 6.65. The van der Waals surface area contributed by atoms with Gasteiger partial charge in [0.25, 0.3) is 5.91 Å². The van der Waals surface area contributed by atoms with E-state index in [-0.39, 0.29) is 26.9 Å². The maximum absolute atomic E-state index is 13.1. The van der Waals surface area contributed by atoms with Crippen LogP contribution in [0.25, 0.3) is 0 Å². The molecule has 4 nitrogen and oxygen atoms in total. The van der Waals surface area contributed by atoms with Gasteiger partial charge in [0, 0.05) is 18.0 Å². The lowest BCUT2D eigenvalue weighted by molar-refractivity contribution is 0.102. The molecule has 0 saturated carbocycles. The molecule has 0 atom stereocenters. The Labute approximate surface area is 130 Å². The minimum Gasteiger partial charge on any atom is -0.497 e. The van der Waals surface area contributed by atoms with E-state index in [0.29, 0.717) is 5.75 Å². The maximum atomic E-state index is 13.1. The Kier molecular flexibility index (Phi) is 4.98. The van der Waals surface area contributed by atoms with Crippen molar-refractivity contribution in [3.05, 3.63) is 51.8 Å². The summed E-state index contributed by atoms with van der Waals surface area (Å²) in [4.78, 5) is 16.0. The highest BCUT2D eigenvalue weighted by molar-refractivity contribution is 6.39. The van der Waals surface area contributed by atoms with Crippen molar-refractivity contribution in [2.24, 2.45) is 0 Å². The fourth-order valence-electron chi connectivity index (χ4n) is 1.74. The Bertz CT molecular complexity index is 660. The van der Waals surface area contributed by atoms with Gasteiger partial charge in [-0.2, -0.15) is 0 Å². The van der Waals surface area contributed by atoms with Crippen molar-refractivity contribution < 1.29 is 13.9 Å². The summed E-state index contributed by atoms with van der Waals surface area (Å²) in [5.41, 5.74) is 0.634. The molecule has 0 bridgehead atoms. The maximum Gasteiger partial charge on any atom is 0.256 e. The highest BCUT2D eigenvalue weighted by atomic mass is 35.5. The number of carbonyl (C=O) groups excluding carboxylic acids is 1. The average Bonchev–Trinajstić information content (AvgIpc) is 2.50. The van der Waals surface area contributed by atoms with Gasteiger partial charge in [0.1, 0.15) is 12.4 Å². The molecule has 0 unspecified atom stereocenters. The Hall–Kier alpha value is -1.85. The van der Waals surface area contributed by atoms with Crippen molar-refractivity contribution in [2.45, 2.75) is 6.67 Å². The highest BCUT2D eigenvalue weighted by Gasteiger charge is 2.15. The van der Waals surface area contributed by atoms with Gasteiger partial charge in [0.2, 0.25) is 0 Å². The van der Waals surface area contributed by atoms with Crippen LogP contribution in [0.4, 0.5) is 10.1 Å². The van der Waals surface area contributed by atoms with Gasteiger partial charge in [-0.25, -0.2) is 4.39 Å². The summed E-state index contributed by atoms with van der Waals surface area (Å²) in [6, 6.07) is 4.51. The molecule has 0 radical (unpaired) electrons. The predicted molar refractivity (Wildman–Crippen MR) is 80.0 cm³/mol. The zero-order valence-electron chi connectivity index (χ0n) is 11.0. The van der Waals surface area contributed by atoms with E-state index in [1.54, 1.807) is 6.07 Å². The van der Waals surface area contributed by atoms with Gasteiger partial charge >= 0.3 is 0 Å². The number of halogens is 3. The number of anilines is 1. The summed E-state index contributed by atoms with van der Waals surface area (Å²) in [5.74, 6) is -0.0421. The number of alkyl halides is 1. The molecule has 0 aliphatic heterocycles. The van der Waals surface area contributed by atoms with E-state index in [1.165, 1.54) is 31.6 Å². The van der Waals surface area contributed by atoms with Gasteiger partial charge in [-0.05, 0) is 23.8 Å². The van der Waals surface area contributed by atoms with Gasteiger partial charge < -0.3 is 10.1 Å². The number of benzene rings is 1. The molecule has 1 aromatic carbocycles. The van der Waals surface area contributed by atoms with Crippen LogP contribution in [-0.2, 0) is 6.67 Å². The van der Waals surface area contributed by atoms with E-state index in [1.807, 2.05) is 0 Å². The fourth-order valence-corrected chi connectivity index (χ4v) is 2.20. The van der Waals surface area contributed by atoms with Gasteiger partial charge in [-0.15, -0.1) is 0 Å². The van der Waals surface area contributed by atoms with Crippen molar-refractivity contribution in [2.75, 3.05) is 12.4 Å². The van der Waals surface area contributed by atoms with Gasteiger partial charge in [0.15, 0.2) is 0 Å². The highest BCUT2D eigenvalue weighted by Crippen LogP contribution is 2.29. The van der Waals surface area contributed by atoms with E-state index in [9.17, 15) is 9.18 Å². The minimum atomic E-state index is -0.794. The third kappa shape index (κ3) is 3.43. The standard InChI is InChI=1S/C14H11Cl2FN2O2/c1-21-9-2-3-10(8(4-9)5-17)14(20)19-13-11(15)6-18-7-12(13)16/h2-4,6-7H,5H2,1H3,(H,18,19,20). The molecule has 110 valence electrons. The number of nitrogens with zero attached hydrogens (tertiary/aromatic N) is 1. The van der Waals surface area contributed by atoms with Crippen molar-refractivity contribution in [1.82, 2.24) is 4.98 Å². The number of nitrogens with one attached hydrogen (secondary N) is 1. The molecule has 21 heavy (non-hydrogen) atoms. The number of hydrogen-bond acceptors (Lipinski definition) is 3. The van der Waals surface area contributed by atoms with Crippen LogP contribution in [0.5, 0.6) is 5.75 Å². The molecule has 0 fully saturated rings. The number of rotatable bonds is 4. The molecular weight excluding hydrogens is 318 g/mol. The molecule has 2 aromatic rings. The first kappa shape index (κ1) is 15.5. The van der Waals surface area contributed by atoms with E-state index in [4.69, 9.17) is 27.9 Å². The molecule has 0 spiro atoms. The number of methoxy groups -OCH3 is 1. The molecule has 2 rings (SSSR count). The molecule has 0 aliphatic carbocycles. The second-order valence-electron chi connectivity index (χ2n) is 4.09. The Balaban J connectivity index is 2.32. The lowest BCUT2D eigenvalue weighted by atomic mass is 10.1. The van der Waals surface area contributed by atoms with Crippen LogP contribution in [-0.4, -0.2) is 18.0 Å². The van der Waals surface area contributed by atoms with Gasteiger partial charge in [0.05, 0.1) is 22.8 Å². The summed E-state index contributed by atoms with van der Waals surface area (Å²) in [7, 11) is 1.47. The topological polar surface area (TPSA) is 51.2 Å². The first-order chi connectivity index (χ1) is 10.1. The van der Waals surface area contributed by atoms with Crippen LogP contribution in [0, 0.1) is 0 Å². The quantitative estimate of drug-likeness (QED) is 0.918. The zero-order valence-corrected chi connectivity index (χ0v) is 12.5. The molecule has 1 amide bonds. The van der Waals surface area contributed by atoms with Gasteiger partial charge in [-0.1, -0.05) is 23.2 Å². The van der Waals surface area contributed by atoms with Crippen LogP contribution < -0.4 is 10.1 Å². The lowest BCUT2D eigenvalue weighted by Crippen LogP contribution is -2.15. The van der Waals surface area contributed by atoms with Crippen LogP contribution in [0.1, 0.15) is 15.9 Å². The Morgan fingerprint density at radius 1 is 1.33 bits per heavy atom. The van der Waals surface area contributed by atoms with Crippen LogP contribution in [0.3, 0.4) is 0 Å². The zero-order chi connectivity index (χ0) is 15.4. The molecule has 0 aliphatic rings. The van der Waals surface area contributed by atoms with E-state index in [0.717, 1.165) is 0 Å². The Morgan fingerprint density at radius 2 is 2.00 bits per heavy atom. The molecule has 0 saturated heterocycles. The monoisotopic (exact) mass is 328 g/mol. The number of ether oxygens (including phenoxy) is 1. The Morgan fingerprint density at radius 3 is 2.57 bits per heavy atom. The molecule has 1 heterocycles. The molecule has 1 N–H and O–H groups in total. The van der Waals surface area contributed by atoms with Crippen LogP contribution in [0.2, 0.25) is 10.0 Å². The second-order valence-corrected chi connectivity index (χ2v) is 4.90. The van der Waals surface area contributed by atoms with E-state index in [2.05, 4.69) is 10.3 Å². The van der Waals surface area contributed by atoms with Crippen molar-refractivity contribution in [3.63, 3.8) is 0 Å². The van der Waals surface area contributed by atoms with E-state index >= 15 is 0 Å². The largest absolute Gasteiger partial charge is 0.497 e. The van der Waals surface area contributed by atoms with Gasteiger partial charge in [-0.3, -0.25) is 9.78 Å². The smallest absolute Gasteiger partial charge is 0.256 e. The summed E-state index contributed by atoms with van der Waals surface area (Å²) < 4.78 is 18.1.